The van der Waals surface area contributed by atoms with Gasteiger partial charge in [-0.2, -0.15) is 0 Å². The maximum atomic E-state index is 11.1. The predicted molar refractivity (Wildman–Crippen MR) is 53.5 cm³/mol. The summed E-state index contributed by atoms with van der Waals surface area (Å²) in [5, 5.41) is 37.6. The van der Waals surface area contributed by atoms with Crippen LogP contribution in [0.15, 0.2) is 12.2 Å². The number of carbonyl (C=O) groups is 2. The summed E-state index contributed by atoms with van der Waals surface area (Å²) >= 11 is 0. The van der Waals surface area contributed by atoms with Crippen molar-refractivity contribution in [3.05, 3.63) is 12.2 Å². The molecule has 0 aromatic heterocycles. The molecule has 7 nitrogen and oxygen atoms in total. The molecule has 0 fully saturated rings. The molecule has 0 aliphatic heterocycles. The van der Waals surface area contributed by atoms with E-state index in [9.17, 15) is 14.7 Å². The number of aliphatic hydroxyl groups is 3. The summed E-state index contributed by atoms with van der Waals surface area (Å²) in [5.41, 5.74) is 0. The minimum atomic E-state index is -1.33. The molecule has 0 spiro atoms. The highest BCUT2D eigenvalue weighted by atomic mass is 16.4. The van der Waals surface area contributed by atoms with Gasteiger partial charge in [0.25, 0.3) is 0 Å². The Labute approximate surface area is 92.0 Å². The zero-order valence-corrected chi connectivity index (χ0v) is 8.70. The lowest BCUT2D eigenvalue weighted by molar-refractivity contribution is -0.131. The Kier molecular flexibility index (Phi) is 6.31. The van der Waals surface area contributed by atoms with Gasteiger partial charge >= 0.3 is 5.97 Å². The van der Waals surface area contributed by atoms with Crippen LogP contribution in [0.1, 0.15) is 6.92 Å². The second kappa shape index (κ2) is 6.94. The highest BCUT2D eigenvalue weighted by Crippen LogP contribution is 1.99. The van der Waals surface area contributed by atoms with Gasteiger partial charge in [-0.1, -0.05) is 0 Å². The van der Waals surface area contributed by atoms with E-state index in [1.54, 1.807) is 0 Å². The molecule has 3 atom stereocenters. The number of nitrogens with one attached hydrogen (secondary N) is 1. The van der Waals surface area contributed by atoms with E-state index in [0.29, 0.717) is 6.08 Å². The van der Waals surface area contributed by atoms with Gasteiger partial charge in [0.2, 0.25) is 5.91 Å². The van der Waals surface area contributed by atoms with E-state index in [1.807, 2.05) is 0 Å². The van der Waals surface area contributed by atoms with Crippen molar-refractivity contribution in [2.45, 2.75) is 25.2 Å². The molecule has 5 N–H and O–H groups in total. The number of amides is 1. The standard InChI is InChI=1S/C9H15NO6/c1-5(12)9(16)6(4-11)10-7(13)2-3-8(14)15/h2-3,5-6,9,11-12,16H,4H2,1H3,(H,10,13)(H,14,15)/b3-2-/t5-,6+,9-/m1/s1. The second-order valence-corrected chi connectivity index (χ2v) is 3.20. The van der Waals surface area contributed by atoms with Crippen molar-refractivity contribution in [1.29, 1.82) is 0 Å². The summed E-state index contributed by atoms with van der Waals surface area (Å²) in [5.74, 6) is -2.06. The monoisotopic (exact) mass is 233 g/mol. The fourth-order valence-corrected chi connectivity index (χ4v) is 0.953. The molecule has 0 unspecified atom stereocenters. The maximum Gasteiger partial charge on any atom is 0.328 e. The third kappa shape index (κ3) is 5.44. The zero-order valence-electron chi connectivity index (χ0n) is 8.70. The molecule has 0 heterocycles. The summed E-state index contributed by atoms with van der Waals surface area (Å²) < 4.78 is 0. The lowest BCUT2D eigenvalue weighted by Crippen LogP contribution is -2.49. The topological polar surface area (TPSA) is 127 Å². The van der Waals surface area contributed by atoms with Crippen molar-refractivity contribution in [1.82, 2.24) is 5.32 Å². The Bertz CT molecular complexity index is 275. The van der Waals surface area contributed by atoms with Gasteiger partial charge in [-0.25, -0.2) is 4.79 Å². The third-order valence-corrected chi connectivity index (χ3v) is 1.81. The van der Waals surface area contributed by atoms with Crippen LogP contribution in [0.4, 0.5) is 0 Å². The number of aliphatic carboxylic acids is 1. The Hall–Kier alpha value is -1.44. The van der Waals surface area contributed by atoms with Gasteiger partial charge in [0.15, 0.2) is 0 Å². The molecule has 0 aromatic rings. The minimum Gasteiger partial charge on any atom is -0.478 e. The van der Waals surface area contributed by atoms with Crippen LogP contribution in [-0.2, 0) is 9.59 Å². The van der Waals surface area contributed by atoms with E-state index in [0.717, 1.165) is 6.08 Å². The summed E-state index contributed by atoms with van der Waals surface area (Å²) in [4.78, 5) is 21.2. The molecular formula is C9H15NO6. The van der Waals surface area contributed by atoms with Gasteiger partial charge in [-0.3, -0.25) is 4.79 Å². The molecule has 0 saturated carbocycles. The van der Waals surface area contributed by atoms with Crippen LogP contribution in [0.25, 0.3) is 0 Å². The van der Waals surface area contributed by atoms with E-state index < -0.39 is 36.7 Å². The van der Waals surface area contributed by atoms with Crippen LogP contribution in [0, 0.1) is 0 Å². The summed E-state index contributed by atoms with van der Waals surface area (Å²) in [6.45, 7) is 0.727. The highest BCUT2D eigenvalue weighted by molar-refractivity contribution is 5.94. The van der Waals surface area contributed by atoms with Crippen molar-refractivity contribution < 1.29 is 30.0 Å². The molecule has 0 aliphatic rings. The van der Waals surface area contributed by atoms with E-state index in [2.05, 4.69) is 5.32 Å². The molecule has 16 heavy (non-hydrogen) atoms. The van der Waals surface area contributed by atoms with E-state index >= 15 is 0 Å². The number of carbonyl (C=O) groups excluding carboxylic acids is 1. The van der Waals surface area contributed by atoms with Crippen LogP contribution in [0.2, 0.25) is 0 Å². The maximum absolute atomic E-state index is 11.1. The van der Waals surface area contributed by atoms with Crippen LogP contribution in [0.5, 0.6) is 0 Å². The van der Waals surface area contributed by atoms with E-state index in [-0.39, 0.29) is 0 Å². The first-order valence-electron chi connectivity index (χ1n) is 4.57. The van der Waals surface area contributed by atoms with Crippen molar-refractivity contribution in [2.75, 3.05) is 6.61 Å². The van der Waals surface area contributed by atoms with Crippen LogP contribution in [-0.4, -0.2) is 57.2 Å². The largest absolute Gasteiger partial charge is 0.478 e. The van der Waals surface area contributed by atoms with E-state index in [4.69, 9.17) is 15.3 Å². The lowest BCUT2D eigenvalue weighted by Gasteiger charge is -2.23. The highest BCUT2D eigenvalue weighted by Gasteiger charge is 2.23. The molecule has 0 radical (unpaired) electrons. The van der Waals surface area contributed by atoms with Crippen LogP contribution in [0.3, 0.4) is 0 Å². The summed E-state index contributed by atoms with van der Waals surface area (Å²) in [7, 11) is 0. The average Bonchev–Trinajstić information content (AvgIpc) is 2.21. The number of carboxylic acids is 1. The Morgan fingerprint density at radius 2 is 1.88 bits per heavy atom. The van der Waals surface area contributed by atoms with Crippen LogP contribution < -0.4 is 5.32 Å². The molecule has 0 aliphatic carbocycles. The number of rotatable bonds is 6. The van der Waals surface area contributed by atoms with Crippen molar-refractivity contribution in [2.24, 2.45) is 0 Å². The predicted octanol–water partition coefficient (Wildman–Crippen LogP) is -2.15. The number of hydrogen-bond acceptors (Lipinski definition) is 5. The fourth-order valence-electron chi connectivity index (χ4n) is 0.953. The van der Waals surface area contributed by atoms with Gasteiger partial charge in [-0.15, -0.1) is 0 Å². The Balaban J connectivity index is 4.33. The SMILES string of the molecule is C[C@@H](O)[C@@H](O)[C@H](CO)NC(=O)/C=C\C(=O)O. The van der Waals surface area contributed by atoms with Crippen molar-refractivity contribution >= 4 is 11.9 Å². The normalized spacial score (nSPS) is 16.8. The smallest absolute Gasteiger partial charge is 0.328 e. The molecule has 1 amide bonds. The van der Waals surface area contributed by atoms with Gasteiger partial charge in [0.05, 0.1) is 18.8 Å². The van der Waals surface area contributed by atoms with Crippen molar-refractivity contribution in [3.8, 4) is 0 Å². The zero-order chi connectivity index (χ0) is 12.7. The van der Waals surface area contributed by atoms with Crippen molar-refractivity contribution in [3.63, 3.8) is 0 Å². The molecular weight excluding hydrogens is 218 g/mol. The lowest BCUT2D eigenvalue weighted by atomic mass is 10.1. The second-order valence-electron chi connectivity index (χ2n) is 3.20. The third-order valence-electron chi connectivity index (χ3n) is 1.81. The molecule has 0 saturated heterocycles. The fraction of sp³-hybridized carbons (Fsp3) is 0.556. The quantitative estimate of drug-likeness (QED) is 0.333. The number of aliphatic hydroxyl groups excluding tert-OH is 3. The number of hydrogen-bond donors (Lipinski definition) is 5. The first-order chi connectivity index (χ1) is 7.38. The van der Waals surface area contributed by atoms with Gasteiger partial charge < -0.3 is 25.7 Å². The van der Waals surface area contributed by atoms with Gasteiger partial charge in [0.1, 0.15) is 6.10 Å². The number of carboxylic acid groups (broad SMARTS) is 1. The van der Waals surface area contributed by atoms with Gasteiger partial charge in [-0.05, 0) is 6.92 Å². The van der Waals surface area contributed by atoms with Crippen LogP contribution >= 0.6 is 0 Å². The first kappa shape index (κ1) is 14.6. The van der Waals surface area contributed by atoms with E-state index in [1.165, 1.54) is 6.92 Å². The molecule has 0 bridgehead atoms. The molecule has 0 rings (SSSR count). The Morgan fingerprint density at radius 3 is 2.25 bits per heavy atom. The minimum absolute atomic E-state index is 0.571. The first-order valence-corrected chi connectivity index (χ1v) is 4.57. The van der Waals surface area contributed by atoms with Gasteiger partial charge in [0, 0.05) is 12.2 Å². The summed E-state index contributed by atoms with van der Waals surface area (Å²) in [6, 6.07) is -1.05. The molecule has 92 valence electrons. The Morgan fingerprint density at radius 1 is 1.31 bits per heavy atom. The average molecular weight is 233 g/mol. The molecule has 7 heteroatoms. The summed E-state index contributed by atoms with van der Waals surface area (Å²) in [6.07, 6.45) is -1.08. The molecule has 0 aromatic carbocycles.